The highest BCUT2D eigenvalue weighted by Gasteiger charge is 2.38. The predicted molar refractivity (Wildman–Crippen MR) is 66.9 cm³/mol. The highest BCUT2D eigenvalue weighted by Crippen LogP contribution is 2.37. The van der Waals surface area contributed by atoms with E-state index in [1.807, 2.05) is 0 Å². The summed E-state index contributed by atoms with van der Waals surface area (Å²) >= 11 is 0. The molecule has 1 fully saturated rings. The van der Waals surface area contributed by atoms with Gasteiger partial charge in [-0.05, 0) is 44.1 Å². The van der Waals surface area contributed by atoms with Crippen LogP contribution in [0.2, 0.25) is 0 Å². The number of benzene rings is 1. The first-order valence-corrected chi connectivity index (χ1v) is 6.10. The van der Waals surface area contributed by atoms with Crippen LogP contribution in [0, 0.1) is 6.92 Å². The second-order valence-corrected chi connectivity index (χ2v) is 5.15. The van der Waals surface area contributed by atoms with E-state index >= 15 is 0 Å². The Hall–Kier alpha value is -1.35. The number of nitrogens with two attached hydrogens (primary N) is 1. The summed E-state index contributed by atoms with van der Waals surface area (Å²) in [6, 6.07) is 8.46. The van der Waals surface area contributed by atoms with Crippen LogP contribution in [0.5, 0.6) is 0 Å². The molecule has 3 nitrogen and oxygen atoms in total. The molecule has 2 rings (SSSR count). The zero-order valence-electron chi connectivity index (χ0n) is 10.1. The van der Waals surface area contributed by atoms with Crippen LogP contribution in [-0.2, 0) is 4.79 Å². The van der Waals surface area contributed by atoms with Crippen molar-refractivity contribution in [3.8, 4) is 0 Å². The number of rotatable bonds is 2. The van der Waals surface area contributed by atoms with Crippen molar-refractivity contribution in [3.63, 3.8) is 0 Å². The minimum atomic E-state index is -1.000. The minimum Gasteiger partial charge on any atom is -0.480 e. The number of hydrogen-bond acceptors (Lipinski definition) is 2. The van der Waals surface area contributed by atoms with E-state index in [4.69, 9.17) is 10.8 Å². The van der Waals surface area contributed by atoms with Crippen molar-refractivity contribution in [1.82, 2.24) is 0 Å². The molecule has 17 heavy (non-hydrogen) atoms. The van der Waals surface area contributed by atoms with Gasteiger partial charge in [0.2, 0.25) is 0 Å². The molecule has 0 aromatic heterocycles. The van der Waals surface area contributed by atoms with E-state index in [2.05, 4.69) is 31.2 Å². The first-order valence-electron chi connectivity index (χ1n) is 6.10. The Balaban J connectivity index is 2.07. The first kappa shape index (κ1) is 12.1. The van der Waals surface area contributed by atoms with Crippen molar-refractivity contribution in [1.29, 1.82) is 0 Å². The first-order chi connectivity index (χ1) is 8.01. The van der Waals surface area contributed by atoms with Gasteiger partial charge in [-0.15, -0.1) is 0 Å². The molecule has 0 atom stereocenters. The maximum absolute atomic E-state index is 11.0. The average molecular weight is 233 g/mol. The molecule has 0 heterocycles. The normalized spacial score (nSPS) is 28.9. The maximum atomic E-state index is 11.0. The van der Waals surface area contributed by atoms with Crippen LogP contribution >= 0.6 is 0 Å². The third-order valence-corrected chi connectivity index (χ3v) is 3.82. The van der Waals surface area contributed by atoms with Gasteiger partial charge in [0.25, 0.3) is 0 Å². The van der Waals surface area contributed by atoms with Crippen LogP contribution in [0.25, 0.3) is 0 Å². The monoisotopic (exact) mass is 233 g/mol. The van der Waals surface area contributed by atoms with Crippen LogP contribution in [0.3, 0.4) is 0 Å². The summed E-state index contributed by atoms with van der Waals surface area (Å²) in [4.78, 5) is 11.0. The van der Waals surface area contributed by atoms with Gasteiger partial charge in [-0.1, -0.05) is 29.8 Å². The van der Waals surface area contributed by atoms with Crippen LogP contribution in [0.1, 0.15) is 42.7 Å². The number of aryl methyl sites for hydroxylation is 1. The Labute approximate surface area is 102 Å². The van der Waals surface area contributed by atoms with Gasteiger partial charge in [0, 0.05) is 0 Å². The number of hydrogen-bond donors (Lipinski definition) is 2. The molecule has 0 amide bonds. The molecule has 3 N–H and O–H groups in total. The molecule has 3 heteroatoms. The van der Waals surface area contributed by atoms with E-state index in [-0.39, 0.29) is 0 Å². The average Bonchev–Trinajstić information content (AvgIpc) is 2.30. The number of carboxylic acid groups (broad SMARTS) is 1. The zero-order chi connectivity index (χ0) is 12.5. The SMILES string of the molecule is Cc1cccc(C2CCC(N)(C(=O)O)CC2)c1. The summed E-state index contributed by atoms with van der Waals surface area (Å²) in [6.45, 7) is 2.08. The minimum absolute atomic E-state index is 0.464. The molecule has 1 aromatic carbocycles. The molecule has 1 aliphatic rings. The van der Waals surface area contributed by atoms with E-state index in [0.29, 0.717) is 18.8 Å². The Morgan fingerprint density at radius 2 is 2.06 bits per heavy atom. The lowest BCUT2D eigenvalue weighted by atomic mass is 9.74. The molecule has 0 unspecified atom stereocenters. The van der Waals surface area contributed by atoms with Gasteiger partial charge in [-0.25, -0.2) is 0 Å². The van der Waals surface area contributed by atoms with Gasteiger partial charge in [0.05, 0.1) is 0 Å². The standard InChI is InChI=1S/C14H19NO2/c1-10-3-2-4-12(9-10)11-5-7-14(15,8-6-11)13(16)17/h2-4,9,11H,5-8,15H2,1H3,(H,16,17). The van der Waals surface area contributed by atoms with Gasteiger partial charge >= 0.3 is 5.97 Å². The third-order valence-electron chi connectivity index (χ3n) is 3.82. The van der Waals surface area contributed by atoms with Crippen molar-refractivity contribution in [2.24, 2.45) is 5.73 Å². The summed E-state index contributed by atoms with van der Waals surface area (Å²) in [7, 11) is 0. The molecule has 0 aliphatic heterocycles. The number of aliphatic carboxylic acids is 1. The zero-order valence-corrected chi connectivity index (χ0v) is 10.1. The lowest BCUT2D eigenvalue weighted by Gasteiger charge is -2.33. The van der Waals surface area contributed by atoms with Crippen LogP contribution < -0.4 is 5.73 Å². The van der Waals surface area contributed by atoms with Crippen molar-refractivity contribution >= 4 is 5.97 Å². The number of carbonyl (C=O) groups is 1. The van der Waals surface area contributed by atoms with Crippen LogP contribution in [0.4, 0.5) is 0 Å². The molecule has 1 aliphatic carbocycles. The lowest BCUT2D eigenvalue weighted by Crippen LogP contribution is -2.50. The van der Waals surface area contributed by atoms with Crippen LogP contribution in [0.15, 0.2) is 24.3 Å². The van der Waals surface area contributed by atoms with Gasteiger partial charge in [0.1, 0.15) is 5.54 Å². The van der Waals surface area contributed by atoms with E-state index in [0.717, 1.165) is 12.8 Å². The Morgan fingerprint density at radius 1 is 1.41 bits per heavy atom. The molecule has 0 spiro atoms. The summed E-state index contributed by atoms with van der Waals surface area (Å²) in [5.41, 5.74) is 7.44. The van der Waals surface area contributed by atoms with E-state index < -0.39 is 11.5 Å². The van der Waals surface area contributed by atoms with Crippen molar-refractivity contribution in [2.45, 2.75) is 44.1 Å². The van der Waals surface area contributed by atoms with Gasteiger partial charge in [-0.2, -0.15) is 0 Å². The molecule has 0 radical (unpaired) electrons. The van der Waals surface area contributed by atoms with Crippen molar-refractivity contribution in [3.05, 3.63) is 35.4 Å². The molecule has 0 bridgehead atoms. The quantitative estimate of drug-likeness (QED) is 0.824. The van der Waals surface area contributed by atoms with Gasteiger partial charge < -0.3 is 10.8 Å². The summed E-state index contributed by atoms with van der Waals surface area (Å²) in [6.07, 6.45) is 2.88. The van der Waals surface area contributed by atoms with Gasteiger partial charge in [0.15, 0.2) is 0 Å². The molecule has 92 valence electrons. The lowest BCUT2D eigenvalue weighted by molar-refractivity contribution is -0.144. The van der Waals surface area contributed by atoms with Crippen molar-refractivity contribution in [2.75, 3.05) is 0 Å². The second-order valence-electron chi connectivity index (χ2n) is 5.15. The largest absolute Gasteiger partial charge is 0.480 e. The van der Waals surface area contributed by atoms with Gasteiger partial charge in [-0.3, -0.25) is 4.79 Å². The summed E-state index contributed by atoms with van der Waals surface area (Å²) in [5, 5.41) is 9.07. The predicted octanol–water partition coefficient (Wildman–Crippen LogP) is 2.43. The Kier molecular flexibility index (Phi) is 3.20. The fourth-order valence-electron chi connectivity index (χ4n) is 2.60. The molecule has 1 saturated carbocycles. The maximum Gasteiger partial charge on any atom is 0.323 e. The molecule has 1 aromatic rings. The summed E-state index contributed by atoms with van der Waals surface area (Å²) in [5.74, 6) is -0.397. The topological polar surface area (TPSA) is 63.3 Å². The molecular weight excluding hydrogens is 214 g/mol. The van der Waals surface area contributed by atoms with Crippen LogP contribution in [-0.4, -0.2) is 16.6 Å². The third kappa shape index (κ3) is 2.50. The summed E-state index contributed by atoms with van der Waals surface area (Å²) < 4.78 is 0. The number of carboxylic acids is 1. The van der Waals surface area contributed by atoms with Crippen molar-refractivity contribution < 1.29 is 9.90 Å². The molecular formula is C14H19NO2. The van der Waals surface area contributed by atoms with E-state index in [9.17, 15) is 4.79 Å². The Morgan fingerprint density at radius 3 is 2.59 bits per heavy atom. The fourth-order valence-corrected chi connectivity index (χ4v) is 2.60. The smallest absolute Gasteiger partial charge is 0.323 e. The van der Waals surface area contributed by atoms with E-state index in [1.165, 1.54) is 11.1 Å². The van der Waals surface area contributed by atoms with E-state index in [1.54, 1.807) is 0 Å². The Bertz CT molecular complexity index is 420. The highest BCUT2D eigenvalue weighted by molar-refractivity contribution is 5.78. The highest BCUT2D eigenvalue weighted by atomic mass is 16.4. The fraction of sp³-hybridized carbons (Fsp3) is 0.500. The second kappa shape index (κ2) is 4.49. The molecule has 0 saturated heterocycles.